The van der Waals surface area contributed by atoms with Gasteiger partial charge >= 0.3 is 5.97 Å². The first-order chi connectivity index (χ1) is 16.5. The summed E-state index contributed by atoms with van der Waals surface area (Å²) in [6.07, 6.45) is 2.16. The summed E-state index contributed by atoms with van der Waals surface area (Å²) >= 11 is 0. The lowest BCUT2D eigenvalue weighted by Gasteiger charge is -2.23. The molecule has 1 amide bonds. The van der Waals surface area contributed by atoms with Crippen molar-refractivity contribution in [2.24, 2.45) is 0 Å². The van der Waals surface area contributed by atoms with Crippen molar-refractivity contribution in [3.63, 3.8) is 0 Å². The third-order valence-electron chi connectivity index (χ3n) is 6.17. The summed E-state index contributed by atoms with van der Waals surface area (Å²) in [5.74, 6) is -0.659. The standard InChI is InChI=1S/C28H24N2O4/c1-18(31)29-20-14-16-21(17-15-20)34-28(33)23-11-7-13-25-26(23)22-10-5-6-12-24(22)30(25)27(32)19-8-3-2-4-9-19/h2-6,8-10,12,14-17,23H,7,11,13H2,1H3,(H,29,31). The van der Waals surface area contributed by atoms with E-state index >= 15 is 0 Å². The minimum atomic E-state index is -0.464. The van der Waals surface area contributed by atoms with Crippen molar-refractivity contribution in [1.82, 2.24) is 4.57 Å². The minimum absolute atomic E-state index is 0.0966. The summed E-state index contributed by atoms with van der Waals surface area (Å²) in [5.41, 5.74) is 3.81. The maximum atomic E-state index is 13.5. The number of carbonyl (C=O) groups is 3. The maximum absolute atomic E-state index is 13.5. The van der Waals surface area contributed by atoms with Crippen molar-refractivity contribution in [3.8, 4) is 5.75 Å². The van der Waals surface area contributed by atoms with Crippen LogP contribution in [0.4, 0.5) is 5.69 Å². The Morgan fingerprint density at radius 3 is 2.35 bits per heavy atom. The Labute approximate surface area is 197 Å². The van der Waals surface area contributed by atoms with Crippen LogP contribution in [0.25, 0.3) is 10.9 Å². The summed E-state index contributed by atoms with van der Waals surface area (Å²) in [7, 11) is 0. The van der Waals surface area contributed by atoms with E-state index in [1.807, 2.05) is 54.6 Å². The van der Waals surface area contributed by atoms with E-state index in [0.717, 1.165) is 35.0 Å². The number of para-hydroxylation sites is 1. The van der Waals surface area contributed by atoms with Crippen molar-refractivity contribution in [3.05, 3.63) is 95.7 Å². The number of hydrogen-bond acceptors (Lipinski definition) is 4. The monoisotopic (exact) mass is 452 g/mol. The van der Waals surface area contributed by atoms with Crippen LogP contribution in [0.1, 0.15) is 47.3 Å². The van der Waals surface area contributed by atoms with Gasteiger partial charge < -0.3 is 10.1 Å². The fraction of sp³-hybridized carbons (Fsp3) is 0.179. The van der Waals surface area contributed by atoms with E-state index in [-0.39, 0.29) is 17.8 Å². The normalized spacial score (nSPS) is 14.9. The lowest BCUT2D eigenvalue weighted by atomic mass is 9.85. The minimum Gasteiger partial charge on any atom is -0.426 e. The van der Waals surface area contributed by atoms with Crippen LogP contribution in [0.15, 0.2) is 78.9 Å². The number of amides is 1. The van der Waals surface area contributed by atoms with E-state index in [0.29, 0.717) is 23.4 Å². The van der Waals surface area contributed by atoms with Crippen molar-refractivity contribution >= 4 is 34.4 Å². The molecule has 3 aromatic carbocycles. The number of benzene rings is 3. The van der Waals surface area contributed by atoms with Gasteiger partial charge in [-0.2, -0.15) is 0 Å². The molecule has 4 aromatic rings. The van der Waals surface area contributed by atoms with E-state index in [1.54, 1.807) is 28.8 Å². The topological polar surface area (TPSA) is 77.4 Å². The Morgan fingerprint density at radius 2 is 1.62 bits per heavy atom. The number of carbonyl (C=O) groups excluding carboxylic acids is 3. The van der Waals surface area contributed by atoms with E-state index < -0.39 is 5.92 Å². The van der Waals surface area contributed by atoms with E-state index in [4.69, 9.17) is 4.74 Å². The van der Waals surface area contributed by atoms with E-state index in [9.17, 15) is 14.4 Å². The Morgan fingerprint density at radius 1 is 0.912 bits per heavy atom. The van der Waals surface area contributed by atoms with E-state index in [2.05, 4.69) is 5.32 Å². The van der Waals surface area contributed by atoms with Gasteiger partial charge in [0.05, 0.1) is 11.4 Å². The predicted molar refractivity (Wildman–Crippen MR) is 130 cm³/mol. The van der Waals surface area contributed by atoms with Gasteiger partial charge in [-0.15, -0.1) is 0 Å². The molecule has 5 rings (SSSR count). The first-order valence-electron chi connectivity index (χ1n) is 11.3. The average molecular weight is 453 g/mol. The van der Waals surface area contributed by atoms with Crippen LogP contribution in [0, 0.1) is 0 Å². The summed E-state index contributed by atoms with van der Waals surface area (Å²) in [4.78, 5) is 38.0. The molecule has 6 heteroatoms. The second-order valence-electron chi connectivity index (χ2n) is 8.46. The Balaban J connectivity index is 1.51. The SMILES string of the molecule is CC(=O)Nc1ccc(OC(=O)C2CCCc3c2c2ccccc2n3C(=O)c2ccccc2)cc1. The number of nitrogens with zero attached hydrogens (tertiary/aromatic N) is 1. The number of esters is 1. The van der Waals surface area contributed by atoms with Gasteiger partial charge in [-0.3, -0.25) is 19.0 Å². The molecule has 0 bridgehead atoms. The zero-order valence-electron chi connectivity index (χ0n) is 18.8. The summed E-state index contributed by atoms with van der Waals surface area (Å²) in [5, 5.41) is 3.60. The van der Waals surface area contributed by atoms with Crippen molar-refractivity contribution < 1.29 is 19.1 Å². The van der Waals surface area contributed by atoms with Gasteiger partial charge in [-0.1, -0.05) is 36.4 Å². The van der Waals surface area contributed by atoms with Crippen molar-refractivity contribution in [2.45, 2.75) is 32.1 Å². The van der Waals surface area contributed by atoms with Crippen LogP contribution in [0.2, 0.25) is 0 Å². The van der Waals surface area contributed by atoms with Gasteiger partial charge in [0, 0.05) is 29.3 Å². The molecule has 0 aliphatic heterocycles. The third kappa shape index (κ3) is 3.99. The number of nitrogens with one attached hydrogen (secondary N) is 1. The highest BCUT2D eigenvalue weighted by Crippen LogP contribution is 2.40. The Bertz CT molecular complexity index is 1390. The summed E-state index contributed by atoms with van der Waals surface area (Å²) in [6, 6.07) is 23.6. The Kier molecular flexibility index (Phi) is 5.72. The predicted octanol–water partition coefficient (Wildman–Crippen LogP) is 5.31. The molecule has 0 spiro atoms. The highest BCUT2D eigenvalue weighted by Gasteiger charge is 2.34. The molecule has 1 N–H and O–H groups in total. The number of ether oxygens (including phenoxy) is 1. The zero-order chi connectivity index (χ0) is 23.7. The lowest BCUT2D eigenvalue weighted by molar-refractivity contribution is -0.136. The molecular weight excluding hydrogens is 428 g/mol. The third-order valence-corrected chi connectivity index (χ3v) is 6.17. The molecule has 1 heterocycles. The van der Waals surface area contributed by atoms with Crippen LogP contribution in [-0.2, 0) is 16.0 Å². The Hall–Kier alpha value is -4.19. The summed E-state index contributed by atoms with van der Waals surface area (Å²) < 4.78 is 7.49. The number of fused-ring (bicyclic) bond motifs is 3. The molecule has 1 unspecified atom stereocenters. The molecule has 170 valence electrons. The van der Waals surface area contributed by atoms with E-state index in [1.165, 1.54) is 6.92 Å². The number of anilines is 1. The molecule has 1 aromatic heterocycles. The quantitative estimate of drug-likeness (QED) is 0.336. The van der Waals surface area contributed by atoms with Crippen molar-refractivity contribution in [2.75, 3.05) is 5.32 Å². The smallest absolute Gasteiger partial charge is 0.318 e. The van der Waals surface area contributed by atoms with Crippen LogP contribution in [-0.4, -0.2) is 22.4 Å². The lowest BCUT2D eigenvalue weighted by Crippen LogP contribution is -2.24. The van der Waals surface area contributed by atoms with Gasteiger partial charge in [0.15, 0.2) is 0 Å². The van der Waals surface area contributed by atoms with Crippen LogP contribution < -0.4 is 10.1 Å². The van der Waals surface area contributed by atoms with Crippen LogP contribution in [0.5, 0.6) is 5.75 Å². The number of aromatic nitrogens is 1. The molecule has 1 atom stereocenters. The first-order valence-corrected chi connectivity index (χ1v) is 11.3. The van der Waals surface area contributed by atoms with Gasteiger partial charge in [0.2, 0.25) is 5.91 Å². The largest absolute Gasteiger partial charge is 0.426 e. The molecule has 0 saturated carbocycles. The van der Waals surface area contributed by atoms with Crippen LogP contribution >= 0.6 is 0 Å². The second-order valence-corrected chi connectivity index (χ2v) is 8.46. The number of rotatable bonds is 4. The van der Waals surface area contributed by atoms with Crippen LogP contribution in [0.3, 0.4) is 0 Å². The molecule has 6 nitrogen and oxygen atoms in total. The fourth-order valence-electron chi connectivity index (χ4n) is 4.75. The van der Waals surface area contributed by atoms with Gasteiger partial charge in [0.1, 0.15) is 5.75 Å². The average Bonchev–Trinajstić information content (AvgIpc) is 3.19. The highest BCUT2D eigenvalue weighted by molar-refractivity contribution is 6.05. The van der Waals surface area contributed by atoms with Gasteiger partial charge in [-0.25, -0.2) is 0 Å². The molecule has 1 aliphatic carbocycles. The summed E-state index contributed by atoms with van der Waals surface area (Å²) in [6.45, 7) is 1.44. The first kappa shape index (κ1) is 21.6. The van der Waals surface area contributed by atoms with Crippen molar-refractivity contribution in [1.29, 1.82) is 0 Å². The molecule has 0 fully saturated rings. The van der Waals surface area contributed by atoms with Gasteiger partial charge in [0.25, 0.3) is 5.91 Å². The van der Waals surface area contributed by atoms with Gasteiger partial charge in [-0.05, 0) is 67.3 Å². The highest BCUT2D eigenvalue weighted by atomic mass is 16.5. The molecule has 0 saturated heterocycles. The second kappa shape index (κ2) is 8.98. The molecule has 34 heavy (non-hydrogen) atoms. The molecule has 0 radical (unpaired) electrons. The fourth-order valence-corrected chi connectivity index (χ4v) is 4.75. The molecule has 1 aliphatic rings. The zero-order valence-corrected chi connectivity index (χ0v) is 18.8. The molecular formula is C28H24N2O4. The number of hydrogen-bond donors (Lipinski definition) is 1. The maximum Gasteiger partial charge on any atom is 0.318 e.